The molecule has 2 aliphatic heterocycles. The lowest BCUT2D eigenvalue weighted by Gasteiger charge is -2.19. The highest BCUT2D eigenvalue weighted by molar-refractivity contribution is 8.00. The Morgan fingerprint density at radius 3 is 3.10 bits per heavy atom. The van der Waals surface area contributed by atoms with Crippen LogP contribution in [0.1, 0.15) is 6.42 Å². The number of nitrogens with zero attached hydrogens (tertiary/aromatic N) is 1. The maximum absolute atomic E-state index is 11.8. The molecule has 0 bridgehead atoms. The molecule has 3 rings (SSSR count). The molecular weight excluding hydrogens is 280 g/mol. The standard InChI is InChI=1S/C13H14N2O4S/c16-4-3-9-6-15(13(18)19-9)8-1-2-11-10(5-8)14-12(17)7-20-11/h1-2,5,9,16H,3-4,6-7H2,(H,14,17). The molecule has 7 heteroatoms. The number of aliphatic hydroxyl groups is 1. The number of amides is 2. The Balaban J connectivity index is 1.82. The molecule has 6 nitrogen and oxygen atoms in total. The van der Waals surface area contributed by atoms with Crippen LogP contribution in [-0.4, -0.2) is 42.1 Å². The fourth-order valence-corrected chi connectivity index (χ4v) is 3.05. The molecule has 0 saturated carbocycles. The van der Waals surface area contributed by atoms with Crippen LogP contribution in [0.15, 0.2) is 23.1 Å². The van der Waals surface area contributed by atoms with Gasteiger partial charge in [-0.25, -0.2) is 4.79 Å². The number of ether oxygens (including phenoxy) is 1. The zero-order valence-corrected chi connectivity index (χ0v) is 11.5. The molecule has 0 spiro atoms. The van der Waals surface area contributed by atoms with Crippen molar-refractivity contribution >= 4 is 35.1 Å². The van der Waals surface area contributed by atoms with Gasteiger partial charge >= 0.3 is 6.09 Å². The van der Waals surface area contributed by atoms with Gasteiger partial charge in [0, 0.05) is 23.6 Å². The molecule has 1 aromatic carbocycles. The molecule has 0 aromatic heterocycles. The van der Waals surface area contributed by atoms with E-state index < -0.39 is 6.09 Å². The second-order valence-corrected chi connectivity index (χ2v) is 5.66. The maximum Gasteiger partial charge on any atom is 0.414 e. The zero-order chi connectivity index (χ0) is 14.1. The normalized spacial score (nSPS) is 21.4. The Morgan fingerprint density at radius 1 is 1.45 bits per heavy atom. The predicted molar refractivity (Wildman–Crippen MR) is 75.1 cm³/mol. The molecule has 2 amide bonds. The number of rotatable bonds is 3. The first-order valence-corrected chi connectivity index (χ1v) is 7.31. The van der Waals surface area contributed by atoms with Crippen LogP contribution in [0.4, 0.5) is 16.2 Å². The van der Waals surface area contributed by atoms with Crippen LogP contribution < -0.4 is 10.2 Å². The number of carbonyl (C=O) groups excluding carboxylic acids is 2. The smallest absolute Gasteiger partial charge is 0.414 e. The molecular formula is C13H14N2O4S. The molecule has 0 aliphatic carbocycles. The maximum atomic E-state index is 11.8. The molecule has 2 aliphatic rings. The lowest BCUT2D eigenvalue weighted by molar-refractivity contribution is -0.113. The van der Waals surface area contributed by atoms with Crippen molar-refractivity contribution in [1.82, 2.24) is 0 Å². The van der Waals surface area contributed by atoms with E-state index in [4.69, 9.17) is 9.84 Å². The summed E-state index contributed by atoms with van der Waals surface area (Å²) in [6.45, 7) is 0.405. The highest BCUT2D eigenvalue weighted by Crippen LogP contribution is 2.35. The Labute approximate surface area is 120 Å². The highest BCUT2D eigenvalue weighted by atomic mass is 32.2. The predicted octanol–water partition coefficient (Wildman–Crippen LogP) is 1.44. The van der Waals surface area contributed by atoms with Crippen molar-refractivity contribution in [2.75, 3.05) is 29.1 Å². The van der Waals surface area contributed by atoms with Crippen molar-refractivity contribution in [1.29, 1.82) is 0 Å². The minimum absolute atomic E-state index is 0.0112. The minimum atomic E-state index is -0.418. The average Bonchev–Trinajstić information content (AvgIpc) is 2.79. The fraction of sp³-hybridized carbons (Fsp3) is 0.385. The third kappa shape index (κ3) is 2.46. The largest absolute Gasteiger partial charge is 0.444 e. The summed E-state index contributed by atoms with van der Waals surface area (Å²) < 4.78 is 5.17. The van der Waals surface area contributed by atoms with Gasteiger partial charge in [0.05, 0.1) is 18.0 Å². The second-order valence-electron chi connectivity index (χ2n) is 4.65. The number of cyclic esters (lactones) is 1. The van der Waals surface area contributed by atoms with E-state index in [-0.39, 0.29) is 18.6 Å². The Kier molecular flexibility index (Phi) is 3.54. The Hall–Kier alpha value is -1.73. The number of hydrogen-bond acceptors (Lipinski definition) is 5. The summed E-state index contributed by atoms with van der Waals surface area (Å²) in [5, 5.41) is 11.7. The summed E-state index contributed by atoms with van der Waals surface area (Å²) >= 11 is 1.48. The number of fused-ring (bicyclic) bond motifs is 1. The third-order valence-electron chi connectivity index (χ3n) is 3.23. The summed E-state index contributed by atoms with van der Waals surface area (Å²) in [6.07, 6.45) is -0.273. The molecule has 2 heterocycles. The van der Waals surface area contributed by atoms with Crippen LogP contribution in [0.5, 0.6) is 0 Å². The SMILES string of the molecule is O=C1CSc2ccc(N3CC(CCO)OC3=O)cc2N1. The molecule has 1 fully saturated rings. The lowest BCUT2D eigenvalue weighted by atomic mass is 10.2. The highest BCUT2D eigenvalue weighted by Gasteiger charge is 2.32. The fourth-order valence-electron chi connectivity index (χ4n) is 2.27. The number of aliphatic hydroxyl groups excluding tert-OH is 1. The van der Waals surface area contributed by atoms with Gasteiger partial charge in [0.15, 0.2) is 0 Å². The monoisotopic (exact) mass is 294 g/mol. The molecule has 106 valence electrons. The Bertz CT molecular complexity index is 563. The van der Waals surface area contributed by atoms with E-state index in [0.717, 1.165) is 10.6 Å². The van der Waals surface area contributed by atoms with Crippen molar-refractivity contribution < 1.29 is 19.4 Å². The third-order valence-corrected chi connectivity index (χ3v) is 4.31. The van der Waals surface area contributed by atoms with E-state index in [0.29, 0.717) is 24.4 Å². The zero-order valence-electron chi connectivity index (χ0n) is 10.7. The first kappa shape index (κ1) is 13.3. The number of carbonyl (C=O) groups is 2. The molecule has 20 heavy (non-hydrogen) atoms. The van der Waals surface area contributed by atoms with Gasteiger partial charge in [-0.1, -0.05) is 0 Å². The first-order chi connectivity index (χ1) is 9.67. The topological polar surface area (TPSA) is 78.9 Å². The van der Waals surface area contributed by atoms with Crippen molar-refractivity contribution in [3.8, 4) is 0 Å². The van der Waals surface area contributed by atoms with Gasteiger partial charge in [0.2, 0.25) is 5.91 Å². The van der Waals surface area contributed by atoms with Gasteiger partial charge in [-0.3, -0.25) is 9.69 Å². The van der Waals surface area contributed by atoms with Gasteiger partial charge in [0.1, 0.15) is 6.10 Å². The van der Waals surface area contributed by atoms with Gasteiger partial charge in [0.25, 0.3) is 0 Å². The molecule has 2 N–H and O–H groups in total. The van der Waals surface area contributed by atoms with E-state index in [9.17, 15) is 9.59 Å². The first-order valence-electron chi connectivity index (χ1n) is 6.33. The number of thioether (sulfide) groups is 1. The molecule has 1 aromatic rings. The molecule has 0 radical (unpaired) electrons. The number of benzene rings is 1. The van der Waals surface area contributed by atoms with Crippen LogP contribution in [0.3, 0.4) is 0 Å². The lowest BCUT2D eigenvalue weighted by Crippen LogP contribution is -2.25. The van der Waals surface area contributed by atoms with Crippen LogP contribution in [0.2, 0.25) is 0 Å². The van der Waals surface area contributed by atoms with E-state index in [1.54, 1.807) is 6.07 Å². The number of hydrogen-bond donors (Lipinski definition) is 2. The summed E-state index contributed by atoms with van der Waals surface area (Å²) in [5.74, 6) is 0.373. The summed E-state index contributed by atoms with van der Waals surface area (Å²) in [6, 6.07) is 5.51. The van der Waals surface area contributed by atoms with E-state index in [2.05, 4.69) is 5.32 Å². The van der Waals surface area contributed by atoms with E-state index >= 15 is 0 Å². The summed E-state index contributed by atoms with van der Waals surface area (Å²) in [4.78, 5) is 25.7. The Morgan fingerprint density at radius 2 is 2.30 bits per heavy atom. The molecule has 1 unspecified atom stereocenters. The van der Waals surface area contributed by atoms with Crippen molar-refractivity contribution in [3.05, 3.63) is 18.2 Å². The average molecular weight is 294 g/mol. The van der Waals surface area contributed by atoms with E-state index in [1.165, 1.54) is 16.7 Å². The van der Waals surface area contributed by atoms with Gasteiger partial charge < -0.3 is 15.2 Å². The van der Waals surface area contributed by atoms with Crippen molar-refractivity contribution in [2.24, 2.45) is 0 Å². The second kappa shape index (κ2) is 5.34. The molecule has 1 atom stereocenters. The van der Waals surface area contributed by atoms with Crippen LogP contribution in [-0.2, 0) is 9.53 Å². The van der Waals surface area contributed by atoms with Crippen molar-refractivity contribution in [2.45, 2.75) is 17.4 Å². The number of anilines is 2. The van der Waals surface area contributed by atoms with Gasteiger partial charge in [-0.05, 0) is 18.2 Å². The quantitative estimate of drug-likeness (QED) is 0.882. The van der Waals surface area contributed by atoms with Crippen LogP contribution in [0.25, 0.3) is 0 Å². The van der Waals surface area contributed by atoms with Crippen LogP contribution >= 0.6 is 11.8 Å². The van der Waals surface area contributed by atoms with E-state index in [1.807, 2.05) is 12.1 Å². The summed E-state index contributed by atoms with van der Waals surface area (Å²) in [7, 11) is 0. The van der Waals surface area contributed by atoms with Gasteiger partial charge in [-0.2, -0.15) is 0 Å². The molecule has 1 saturated heterocycles. The number of nitrogens with one attached hydrogen (secondary N) is 1. The van der Waals surface area contributed by atoms with Crippen molar-refractivity contribution in [3.63, 3.8) is 0 Å². The van der Waals surface area contributed by atoms with Gasteiger partial charge in [-0.15, -0.1) is 11.8 Å². The summed E-state index contributed by atoms with van der Waals surface area (Å²) in [5.41, 5.74) is 1.42. The van der Waals surface area contributed by atoms with Crippen LogP contribution in [0, 0.1) is 0 Å². The minimum Gasteiger partial charge on any atom is -0.444 e.